The second kappa shape index (κ2) is 29.6. The van der Waals surface area contributed by atoms with Gasteiger partial charge in [0.1, 0.15) is 23.7 Å². The van der Waals surface area contributed by atoms with Gasteiger partial charge in [0.05, 0.1) is 38.1 Å². The summed E-state index contributed by atoms with van der Waals surface area (Å²) in [6.07, 6.45) is 4.03. The molecule has 0 rings (SSSR count). The summed E-state index contributed by atoms with van der Waals surface area (Å²) in [5, 5.41) is 0. The van der Waals surface area contributed by atoms with E-state index in [9.17, 15) is 0 Å². The molecule has 8 nitrogen and oxygen atoms in total. The summed E-state index contributed by atoms with van der Waals surface area (Å²) in [5.41, 5.74) is 1.18. The van der Waals surface area contributed by atoms with E-state index in [2.05, 4.69) is 55.4 Å². The van der Waals surface area contributed by atoms with Crippen LogP contribution in [0.1, 0.15) is 81.1 Å². The number of rotatable bonds is 31. The van der Waals surface area contributed by atoms with Gasteiger partial charge >= 0.3 is 0 Å². The molecule has 0 aliphatic rings. The molecule has 242 valence electrons. The Labute approximate surface area is 256 Å². The first-order chi connectivity index (χ1) is 19.5. The van der Waals surface area contributed by atoms with Gasteiger partial charge in [0.15, 0.2) is 0 Å². The summed E-state index contributed by atoms with van der Waals surface area (Å²) >= 11 is 0. The zero-order valence-corrected chi connectivity index (χ0v) is 33.1. The lowest BCUT2D eigenvalue weighted by atomic mass is 10.3. The van der Waals surface area contributed by atoms with E-state index in [0.717, 1.165) is 52.1 Å². The van der Waals surface area contributed by atoms with Crippen molar-refractivity contribution in [3.63, 3.8) is 0 Å². The van der Waals surface area contributed by atoms with Crippen LogP contribution in [-0.2, 0) is 37.9 Å². The molecule has 0 saturated carbocycles. The second-order valence-corrected chi connectivity index (χ2v) is 18.2. The molecule has 0 heterocycles. The van der Waals surface area contributed by atoms with Crippen LogP contribution in [0, 0.1) is 0 Å². The predicted octanol–water partition coefficient (Wildman–Crippen LogP) is 3.06. The maximum absolute atomic E-state index is 6.32. The van der Waals surface area contributed by atoms with Crippen molar-refractivity contribution in [3.05, 3.63) is 0 Å². The number of hydrogen-bond donors (Lipinski definition) is 0. The van der Waals surface area contributed by atoms with Crippen LogP contribution >= 0.6 is 0 Å². The Kier molecular flexibility index (Phi) is 30.0. The van der Waals surface area contributed by atoms with E-state index in [1.54, 1.807) is 0 Å². The van der Waals surface area contributed by atoms with Gasteiger partial charge in [-0.05, 0) is 64.5 Å². The molecule has 0 aromatic rings. The summed E-state index contributed by atoms with van der Waals surface area (Å²) in [7, 11) is -2.68. The Balaban J connectivity index is 6.05. The molecule has 2 atom stereocenters. The maximum atomic E-state index is 6.32. The third-order valence-corrected chi connectivity index (χ3v) is 18.1. The Bertz CT molecular complexity index is 499. The highest BCUT2D eigenvalue weighted by molar-refractivity contribution is 6.51. The minimum atomic E-state index is -0.725. The topological polar surface area (TPSA) is 73.8 Å². The molecule has 0 aliphatic carbocycles. The molecule has 0 aromatic heterocycles. The van der Waals surface area contributed by atoms with Crippen LogP contribution in [0.15, 0.2) is 0 Å². The van der Waals surface area contributed by atoms with Gasteiger partial charge in [-0.3, -0.25) is 0 Å². The van der Waals surface area contributed by atoms with Crippen molar-refractivity contribution >= 4 is 38.1 Å². The monoisotopic (exact) mass is 642 g/mol. The molecular formula is C28H66O8Si4. The average molecular weight is 643 g/mol. The molecule has 12 heteroatoms. The van der Waals surface area contributed by atoms with Gasteiger partial charge in [-0.25, -0.2) is 0 Å². The predicted molar refractivity (Wildman–Crippen MR) is 178 cm³/mol. The fourth-order valence-corrected chi connectivity index (χ4v) is 17.6. The largest absolute Gasteiger partial charge is 0.357 e. The molecular weight excluding hydrogens is 577 g/mol. The van der Waals surface area contributed by atoms with E-state index in [1.165, 1.54) is 12.1 Å². The number of ether oxygens (including phenoxy) is 8. The highest BCUT2D eigenvalue weighted by atomic mass is 28.2. The highest BCUT2D eigenvalue weighted by Crippen LogP contribution is 2.34. The lowest BCUT2D eigenvalue weighted by Crippen LogP contribution is -2.38. The van der Waals surface area contributed by atoms with Crippen molar-refractivity contribution in [2.24, 2.45) is 0 Å². The van der Waals surface area contributed by atoms with Crippen molar-refractivity contribution in [2.45, 2.75) is 128 Å². The molecule has 0 radical (unpaired) electrons. The van der Waals surface area contributed by atoms with Gasteiger partial charge in [-0.1, -0.05) is 39.8 Å². The third kappa shape index (κ3) is 21.3. The molecule has 0 saturated heterocycles. The van der Waals surface area contributed by atoms with E-state index >= 15 is 0 Å². The molecule has 0 N–H and O–H groups in total. The molecule has 0 fully saturated rings. The summed E-state index contributed by atoms with van der Waals surface area (Å²) in [6, 6.07) is 2.38. The van der Waals surface area contributed by atoms with Gasteiger partial charge in [0.2, 0.25) is 0 Å². The minimum absolute atomic E-state index is 0.0169. The quantitative estimate of drug-likeness (QED) is 0.0845. The molecule has 2 unspecified atom stereocenters. The first kappa shape index (κ1) is 40.5. The van der Waals surface area contributed by atoms with Crippen LogP contribution in [0.25, 0.3) is 0 Å². The normalized spacial score (nSPS) is 15.0. The van der Waals surface area contributed by atoms with Crippen LogP contribution in [0.5, 0.6) is 0 Å². The first-order valence-electron chi connectivity index (χ1n) is 16.5. The van der Waals surface area contributed by atoms with Crippen LogP contribution in [0.3, 0.4) is 0 Å². The Morgan fingerprint density at radius 3 is 0.975 bits per heavy atom. The summed E-state index contributed by atoms with van der Waals surface area (Å²) in [4.78, 5) is 0. The van der Waals surface area contributed by atoms with E-state index in [4.69, 9.17) is 37.9 Å². The van der Waals surface area contributed by atoms with E-state index in [1.807, 2.05) is 0 Å². The van der Waals surface area contributed by atoms with E-state index in [-0.39, 0.29) is 23.7 Å². The van der Waals surface area contributed by atoms with Crippen LogP contribution < -0.4 is 0 Å². The fourth-order valence-electron chi connectivity index (χ4n) is 4.83. The lowest BCUT2D eigenvalue weighted by Gasteiger charge is -2.33. The Morgan fingerprint density at radius 1 is 0.375 bits per heavy atom. The van der Waals surface area contributed by atoms with Crippen molar-refractivity contribution < 1.29 is 37.9 Å². The van der Waals surface area contributed by atoms with Crippen molar-refractivity contribution in [3.8, 4) is 0 Å². The SMILES string of the molecule is CCCOC(OCCC)[SiH2]CC([SiH2]C(OCCC)OCCC)C(C[SiH2]C(OCC)OCC)[SiH2]C(OCC)OCC. The molecule has 0 spiro atoms. The summed E-state index contributed by atoms with van der Waals surface area (Å²) in [5.74, 6) is -0.145. The molecule has 0 bridgehead atoms. The van der Waals surface area contributed by atoms with Crippen LogP contribution in [0.4, 0.5) is 0 Å². The molecule has 0 amide bonds. The number of hydrogen-bond acceptors (Lipinski definition) is 8. The van der Waals surface area contributed by atoms with Crippen LogP contribution in [0.2, 0.25) is 23.2 Å². The highest BCUT2D eigenvalue weighted by Gasteiger charge is 2.31. The van der Waals surface area contributed by atoms with Gasteiger partial charge in [-0.15, -0.1) is 0 Å². The zero-order valence-electron chi connectivity index (χ0n) is 27.5. The minimum Gasteiger partial charge on any atom is -0.357 e. The Morgan fingerprint density at radius 2 is 0.650 bits per heavy atom. The van der Waals surface area contributed by atoms with Crippen molar-refractivity contribution in [1.82, 2.24) is 0 Å². The van der Waals surface area contributed by atoms with Gasteiger partial charge in [0, 0.05) is 52.9 Å². The van der Waals surface area contributed by atoms with Gasteiger partial charge < -0.3 is 37.9 Å². The third-order valence-electron chi connectivity index (χ3n) is 6.65. The first-order valence-corrected chi connectivity index (χ1v) is 23.4. The van der Waals surface area contributed by atoms with Crippen molar-refractivity contribution in [2.75, 3.05) is 52.9 Å². The Hall–Kier alpha value is 0.548. The standard InChI is InChI=1S/C28H66O8Si4/c1-9-17-33-26(34-18-10-2)38-22-24(40-28(35-19-11-3)36-20-12-4)23(39-27(31-15-7)32-16-8)21-37-25(29-13-5)30-14-6/h23-28H,9-22,37-40H2,1-8H3. The molecule has 0 aromatic carbocycles. The lowest BCUT2D eigenvalue weighted by molar-refractivity contribution is -0.0924. The van der Waals surface area contributed by atoms with Crippen molar-refractivity contribution in [1.29, 1.82) is 0 Å². The maximum Gasteiger partial charge on any atom is 0.135 e. The smallest absolute Gasteiger partial charge is 0.135 e. The van der Waals surface area contributed by atoms with Gasteiger partial charge in [-0.2, -0.15) is 0 Å². The fraction of sp³-hybridized carbons (Fsp3) is 1.00. The van der Waals surface area contributed by atoms with E-state index in [0.29, 0.717) is 37.5 Å². The van der Waals surface area contributed by atoms with Gasteiger partial charge in [0.25, 0.3) is 0 Å². The molecule has 40 heavy (non-hydrogen) atoms. The summed E-state index contributed by atoms with van der Waals surface area (Å²) in [6.45, 7) is 22.7. The molecule has 0 aliphatic heterocycles. The zero-order chi connectivity index (χ0) is 29.8. The average Bonchev–Trinajstić information content (AvgIpc) is 2.95. The van der Waals surface area contributed by atoms with Crippen LogP contribution in [-0.4, -0.2) is 115 Å². The second-order valence-electron chi connectivity index (χ2n) is 10.2. The summed E-state index contributed by atoms with van der Waals surface area (Å²) < 4.78 is 49.3. The van der Waals surface area contributed by atoms with E-state index < -0.39 is 38.1 Å².